The molecule has 2 aromatic rings. The van der Waals surface area contributed by atoms with E-state index in [2.05, 4.69) is 27.1 Å². The van der Waals surface area contributed by atoms with Gasteiger partial charge in [-0.2, -0.15) is 0 Å². The second-order valence-corrected chi connectivity index (χ2v) is 16.8. The Bertz CT molecular complexity index is 1830. The van der Waals surface area contributed by atoms with Gasteiger partial charge in [0, 0.05) is 48.2 Å². The van der Waals surface area contributed by atoms with Crippen LogP contribution < -0.4 is 5.32 Å². The molecule has 0 saturated carbocycles. The molecule has 0 spiro atoms. The maximum Gasteiger partial charge on any atom is 0.408 e. The summed E-state index contributed by atoms with van der Waals surface area (Å²) >= 11 is 0. The predicted molar refractivity (Wildman–Crippen MR) is 214 cm³/mol. The number of nitrogens with one attached hydrogen (secondary N) is 1. The molecule has 3 aliphatic rings. The molecule has 2 N–H and O–H groups in total. The number of aliphatic hydroxyl groups is 1. The van der Waals surface area contributed by atoms with Gasteiger partial charge in [0.1, 0.15) is 30.5 Å². The van der Waals surface area contributed by atoms with Crippen LogP contribution in [0.5, 0.6) is 0 Å². The van der Waals surface area contributed by atoms with Gasteiger partial charge in [0.2, 0.25) is 0 Å². The fraction of sp³-hybridized carbons (Fsp3) is 0.636. The van der Waals surface area contributed by atoms with Gasteiger partial charge in [-0.15, -0.1) is 0 Å². The Morgan fingerprint density at radius 3 is 2.33 bits per heavy atom. The number of cyclic esters (lactones) is 1. The summed E-state index contributed by atoms with van der Waals surface area (Å²) in [5.74, 6) is 1.04. The van der Waals surface area contributed by atoms with E-state index >= 15 is 0 Å². The molecule has 0 aliphatic carbocycles. The third-order valence-corrected chi connectivity index (χ3v) is 12.2. The molecule has 1 aromatic heterocycles. The van der Waals surface area contributed by atoms with Crippen molar-refractivity contribution in [2.45, 2.75) is 135 Å². The van der Waals surface area contributed by atoms with Crippen LogP contribution in [0.15, 0.2) is 42.9 Å². The Balaban J connectivity index is 1.50. The second kappa shape index (κ2) is 18.8. The van der Waals surface area contributed by atoms with Gasteiger partial charge in [0.15, 0.2) is 17.7 Å². The molecule has 4 heterocycles. The van der Waals surface area contributed by atoms with E-state index in [0.29, 0.717) is 12.8 Å². The minimum Gasteiger partial charge on any atom is -0.458 e. The molecule has 0 unspecified atom stereocenters. The van der Waals surface area contributed by atoms with Crippen LogP contribution >= 0.6 is 0 Å². The monoisotopic (exact) mass is 804 g/mol. The molecule has 3 fully saturated rings. The van der Waals surface area contributed by atoms with Gasteiger partial charge in [0.25, 0.3) is 0 Å². The number of amides is 1. The number of ether oxygens (including phenoxy) is 5. The number of ketones is 2. The van der Waals surface area contributed by atoms with Crippen LogP contribution in [-0.4, -0.2) is 118 Å². The van der Waals surface area contributed by atoms with Gasteiger partial charge in [-0.1, -0.05) is 63.8 Å². The van der Waals surface area contributed by atoms with Crippen LogP contribution in [0, 0.1) is 35.5 Å². The highest BCUT2D eigenvalue weighted by molar-refractivity contribution is 6.00. The smallest absolute Gasteiger partial charge is 0.408 e. The molecular formula is C44H60N4O10. The van der Waals surface area contributed by atoms with Crippen molar-refractivity contribution in [3.63, 3.8) is 0 Å². The molecule has 0 bridgehead atoms. The summed E-state index contributed by atoms with van der Waals surface area (Å²) in [5, 5.41) is 14.4. The third-order valence-electron chi connectivity index (χ3n) is 12.2. The first-order valence-corrected chi connectivity index (χ1v) is 20.3. The largest absolute Gasteiger partial charge is 0.458 e. The van der Waals surface area contributed by atoms with Gasteiger partial charge in [-0.25, -0.2) is 4.79 Å². The lowest BCUT2D eigenvalue weighted by atomic mass is 9.73. The summed E-state index contributed by atoms with van der Waals surface area (Å²) in [6.07, 6.45) is 0.901. The second-order valence-electron chi connectivity index (χ2n) is 16.8. The Hall–Kier alpha value is -4.26. The topological polar surface area (TPSA) is 176 Å². The lowest BCUT2D eigenvalue weighted by Crippen LogP contribution is -2.60. The van der Waals surface area contributed by atoms with Crippen LogP contribution in [0.3, 0.4) is 0 Å². The van der Waals surface area contributed by atoms with E-state index in [-0.39, 0.29) is 37.4 Å². The van der Waals surface area contributed by atoms with Crippen molar-refractivity contribution in [3.8, 4) is 23.1 Å². The summed E-state index contributed by atoms with van der Waals surface area (Å²) in [4.78, 5) is 65.8. The number of aliphatic hydroxyl groups excluding tert-OH is 1. The minimum absolute atomic E-state index is 0.0632. The average Bonchev–Trinajstić information content (AvgIpc) is 3.52. The number of hydrogen-bond acceptors (Lipinski definition) is 13. The summed E-state index contributed by atoms with van der Waals surface area (Å²) in [6.45, 7) is 13.6. The number of rotatable bonds is 8. The number of nitrogens with zero attached hydrogens (tertiary/aromatic N) is 3. The molecule has 316 valence electrons. The van der Waals surface area contributed by atoms with E-state index in [0.717, 1.165) is 16.8 Å². The number of fused-ring (bicyclic) bond motifs is 1. The zero-order valence-corrected chi connectivity index (χ0v) is 35.4. The van der Waals surface area contributed by atoms with Crippen molar-refractivity contribution >= 4 is 23.6 Å². The number of benzene rings is 1. The van der Waals surface area contributed by atoms with E-state index < -0.39 is 83.4 Å². The van der Waals surface area contributed by atoms with Crippen molar-refractivity contribution in [1.82, 2.24) is 20.2 Å². The van der Waals surface area contributed by atoms with Crippen molar-refractivity contribution in [2.75, 3.05) is 20.7 Å². The van der Waals surface area contributed by atoms with Crippen molar-refractivity contribution in [1.29, 1.82) is 0 Å². The normalized spacial score (nSPS) is 36.2. The van der Waals surface area contributed by atoms with Crippen LogP contribution in [0.25, 0.3) is 11.3 Å². The molecule has 14 nitrogen and oxygen atoms in total. The summed E-state index contributed by atoms with van der Waals surface area (Å²) in [6, 6.07) is 6.71. The quantitative estimate of drug-likeness (QED) is 0.216. The molecule has 1 aromatic carbocycles. The highest BCUT2D eigenvalue weighted by Gasteiger charge is 2.57. The Morgan fingerprint density at radius 2 is 1.69 bits per heavy atom. The molecule has 14 heteroatoms. The van der Waals surface area contributed by atoms with Crippen LogP contribution in [0.1, 0.15) is 80.2 Å². The van der Waals surface area contributed by atoms with E-state index in [4.69, 9.17) is 23.7 Å². The Morgan fingerprint density at radius 1 is 0.983 bits per heavy atom. The molecule has 58 heavy (non-hydrogen) atoms. The highest BCUT2D eigenvalue weighted by Crippen LogP contribution is 2.40. The lowest BCUT2D eigenvalue weighted by molar-refractivity contribution is -0.296. The van der Waals surface area contributed by atoms with Crippen LogP contribution in [0.4, 0.5) is 4.79 Å². The predicted octanol–water partition coefficient (Wildman–Crippen LogP) is 4.55. The van der Waals surface area contributed by atoms with Gasteiger partial charge in [-0.05, 0) is 66.6 Å². The number of likely N-dealkylation sites (N-methyl/N-ethyl adjacent to an activating group) is 1. The fourth-order valence-electron chi connectivity index (χ4n) is 8.78. The first-order chi connectivity index (χ1) is 27.4. The maximum absolute atomic E-state index is 14.4. The van der Waals surface area contributed by atoms with E-state index in [9.17, 15) is 24.3 Å². The van der Waals surface area contributed by atoms with Crippen molar-refractivity contribution < 1.29 is 48.0 Å². The molecule has 13 atom stereocenters. The number of carbonyl (C=O) groups excluding carboxylic acids is 4. The minimum atomic E-state index is -1.40. The average molecular weight is 805 g/mol. The van der Waals surface area contributed by atoms with Gasteiger partial charge < -0.3 is 39.0 Å². The van der Waals surface area contributed by atoms with Crippen molar-refractivity contribution in [2.24, 2.45) is 23.7 Å². The summed E-state index contributed by atoms with van der Waals surface area (Å²) < 4.78 is 31.3. The SMILES string of the molecule is CC[C@H]1OC(=O)[C@H](C)C(=O)[C@H](C)[C@@H](O[C@@H]2O[C@H](C)C[C@H](N(C)C)[C@H]2O)[C@](C)(OCC#CCc2ccc(-c3cnccn3)cc2)C[C@@H](C)C(=O)[C@H](C)[C@H]2NC(=O)O[C@@]21C. The fourth-order valence-corrected chi connectivity index (χ4v) is 8.78. The molecule has 5 rings (SSSR count). The number of Topliss-reactive ketones (excluding diaryl/α,β-unsaturated/α-hetero) is 2. The van der Waals surface area contributed by atoms with Gasteiger partial charge in [-0.3, -0.25) is 24.4 Å². The first-order valence-electron chi connectivity index (χ1n) is 20.3. The molecule has 3 saturated heterocycles. The standard InChI is InChI=1S/C44H60N4O10/c1-11-34-44(8)38(47-42(53)58-44)27(4)35(49)25(2)23-43(7,54-21-13-12-14-30-15-17-31(18-16-30)32-24-45-19-20-46-32)39(28(5)36(50)29(6)40(52)56-34)57-41-37(51)33(48(9)10)22-26(3)55-41/h15-20,24-29,33-34,37-39,41,51H,11,14,21-23H2,1-10H3,(H,47,53)/t25-,26-,27+,28+,29-,33+,34-,37-,38-,39-,41+,43-,44-/m1/s1. The summed E-state index contributed by atoms with van der Waals surface area (Å²) in [5.41, 5.74) is -0.110. The molecule has 3 aliphatic heterocycles. The van der Waals surface area contributed by atoms with E-state index in [1.54, 1.807) is 60.1 Å². The summed E-state index contributed by atoms with van der Waals surface area (Å²) in [7, 11) is 3.73. The first kappa shape index (κ1) is 44.8. The zero-order valence-electron chi connectivity index (χ0n) is 35.4. The van der Waals surface area contributed by atoms with E-state index in [1.165, 1.54) is 6.92 Å². The highest BCUT2D eigenvalue weighted by atomic mass is 16.7. The number of aromatic nitrogens is 2. The van der Waals surface area contributed by atoms with E-state index in [1.807, 2.05) is 50.2 Å². The number of hydrogen-bond donors (Lipinski definition) is 2. The number of alkyl carbamates (subject to hydrolysis) is 1. The van der Waals surface area contributed by atoms with Gasteiger partial charge in [0.05, 0.1) is 35.7 Å². The van der Waals surface area contributed by atoms with Crippen LogP contribution in [0.2, 0.25) is 0 Å². The molecule has 1 amide bonds. The van der Waals surface area contributed by atoms with Crippen LogP contribution in [-0.2, 0) is 44.5 Å². The third kappa shape index (κ3) is 9.77. The van der Waals surface area contributed by atoms with Gasteiger partial charge >= 0.3 is 12.1 Å². The zero-order chi connectivity index (χ0) is 42.5. The van der Waals surface area contributed by atoms with Crippen molar-refractivity contribution in [3.05, 3.63) is 48.4 Å². The number of carbonyl (C=O) groups is 4. The molecular weight excluding hydrogens is 745 g/mol. The number of esters is 1. The lowest BCUT2D eigenvalue weighted by Gasteiger charge is -2.47. The maximum atomic E-state index is 14.4. The Kier molecular flexibility index (Phi) is 14.5. The Labute approximate surface area is 342 Å². The molecule has 0 radical (unpaired) electrons.